The van der Waals surface area contributed by atoms with Gasteiger partial charge in [-0.3, -0.25) is 4.79 Å². The van der Waals surface area contributed by atoms with Gasteiger partial charge in [0.25, 0.3) is 0 Å². The number of esters is 1. The minimum atomic E-state index is 0.00612. The lowest BCUT2D eigenvalue weighted by Gasteiger charge is -2.05. The number of unbranched alkanes of at least 4 members (excludes halogenated alkanes) is 17. The fourth-order valence-electron chi connectivity index (χ4n) is 3.93. The number of allylic oxidation sites excluding steroid dienone is 4. The first-order valence-electron chi connectivity index (χ1n) is 14.3. The topological polar surface area (TPSA) is 26.3 Å². The zero-order valence-electron chi connectivity index (χ0n) is 21.9. The van der Waals surface area contributed by atoms with Crippen molar-refractivity contribution in [2.75, 3.05) is 6.61 Å². The van der Waals surface area contributed by atoms with E-state index in [-0.39, 0.29) is 5.97 Å². The highest BCUT2D eigenvalue weighted by Gasteiger charge is 2.02. The minimum absolute atomic E-state index is 0.00612. The molecule has 0 bridgehead atoms. The summed E-state index contributed by atoms with van der Waals surface area (Å²) in [7, 11) is 0. The second-order valence-electron chi connectivity index (χ2n) is 9.38. The molecule has 0 amide bonds. The van der Waals surface area contributed by atoms with Crippen LogP contribution in [0, 0.1) is 0 Å². The van der Waals surface area contributed by atoms with Crippen LogP contribution >= 0.6 is 0 Å². The predicted octanol–water partition coefficient (Wildman–Crippen LogP) is 10.3. The first-order chi connectivity index (χ1) is 15.8. The third kappa shape index (κ3) is 27.0. The molecule has 0 fully saturated rings. The van der Waals surface area contributed by atoms with E-state index in [2.05, 4.69) is 38.2 Å². The molecule has 2 nitrogen and oxygen atoms in total. The Bertz CT molecular complexity index is 425. The lowest BCUT2D eigenvalue weighted by atomic mass is 10.1. The van der Waals surface area contributed by atoms with Crippen LogP contribution in [0.15, 0.2) is 24.3 Å². The van der Waals surface area contributed by atoms with Gasteiger partial charge in [0.05, 0.1) is 6.61 Å². The van der Waals surface area contributed by atoms with E-state index in [0.717, 1.165) is 25.7 Å². The average Bonchev–Trinajstić information content (AvgIpc) is 2.80. The molecule has 0 saturated carbocycles. The normalized spacial score (nSPS) is 11.7. The van der Waals surface area contributed by atoms with Gasteiger partial charge in [0.15, 0.2) is 0 Å². The zero-order chi connectivity index (χ0) is 23.4. The van der Waals surface area contributed by atoms with Crippen molar-refractivity contribution in [3.63, 3.8) is 0 Å². The molecule has 0 N–H and O–H groups in total. The number of ether oxygens (including phenoxy) is 1. The Morgan fingerprint density at radius 3 is 1.56 bits per heavy atom. The van der Waals surface area contributed by atoms with Crippen LogP contribution in [0.25, 0.3) is 0 Å². The molecule has 2 heteroatoms. The summed E-state index contributed by atoms with van der Waals surface area (Å²) in [5, 5.41) is 0. The van der Waals surface area contributed by atoms with Gasteiger partial charge in [0.1, 0.15) is 0 Å². The van der Waals surface area contributed by atoms with Crippen LogP contribution < -0.4 is 0 Å². The van der Waals surface area contributed by atoms with Crippen molar-refractivity contribution in [2.24, 2.45) is 0 Å². The molecule has 0 aromatic rings. The van der Waals surface area contributed by atoms with Gasteiger partial charge in [0.2, 0.25) is 0 Å². The summed E-state index contributed by atoms with van der Waals surface area (Å²) in [4.78, 5) is 11.8. The lowest BCUT2D eigenvalue weighted by Crippen LogP contribution is -2.05. The molecule has 0 aliphatic heterocycles. The summed E-state index contributed by atoms with van der Waals surface area (Å²) >= 11 is 0. The van der Waals surface area contributed by atoms with E-state index in [0.29, 0.717) is 13.0 Å². The van der Waals surface area contributed by atoms with E-state index in [1.165, 1.54) is 109 Å². The molecule has 0 aliphatic carbocycles. The van der Waals surface area contributed by atoms with Crippen LogP contribution in [0.4, 0.5) is 0 Å². The van der Waals surface area contributed by atoms with Crippen molar-refractivity contribution in [2.45, 2.75) is 155 Å². The molecule has 0 aromatic heterocycles. The molecular weight excluding hydrogens is 392 g/mol. The maximum absolute atomic E-state index is 11.8. The Kier molecular flexibility index (Phi) is 27.1. The van der Waals surface area contributed by atoms with Crippen molar-refractivity contribution < 1.29 is 9.53 Å². The van der Waals surface area contributed by atoms with Crippen molar-refractivity contribution in [3.8, 4) is 0 Å². The number of carbonyl (C=O) groups is 1. The van der Waals surface area contributed by atoms with Gasteiger partial charge in [-0.2, -0.15) is 0 Å². The highest BCUT2D eigenvalue weighted by molar-refractivity contribution is 5.69. The zero-order valence-corrected chi connectivity index (χ0v) is 21.9. The molecule has 0 saturated heterocycles. The van der Waals surface area contributed by atoms with E-state index in [9.17, 15) is 4.79 Å². The third-order valence-corrected chi connectivity index (χ3v) is 6.09. The second kappa shape index (κ2) is 28.0. The van der Waals surface area contributed by atoms with Crippen molar-refractivity contribution in [3.05, 3.63) is 24.3 Å². The molecule has 0 unspecified atom stereocenters. The SMILES string of the molecule is CCCCC/C=C/C/C=C/CCCCCCCC(=O)OCCCCCCCCCCCC. The molecule has 32 heavy (non-hydrogen) atoms. The van der Waals surface area contributed by atoms with Crippen molar-refractivity contribution >= 4 is 5.97 Å². The highest BCUT2D eigenvalue weighted by atomic mass is 16.5. The number of carbonyl (C=O) groups excluding carboxylic acids is 1. The van der Waals surface area contributed by atoms with Crippen LogP contribution in [-0.4, -0.2) is 12.6 Å². The van der Waals surface area contributed by atoms with Crippen LogP contribution in [0.3, 0.4) is 0 Å². The first-order valence-corrected chi connectivity index (χ1v) is 14.3. The molecule has 0 rings (SSSR count). The molecule has 0 aromatic carbocycles. The Morgan fingerprint density at radius 2 is 0.969 bits per heavy atom. The number of rotatable bonds is 25. The molecule has 0 aliphatic rings. The number of hydrogen-bond donors (Lipinski definition) is 0. The summed E-state index contributed by atoms with van der Waals surface area (Å²) in [6, 6.07) is 0. The summed E-state index contributed by atoms with van der Waals surface area (Å²) in [5.74, 6) is 0.00612. The largest absolute Gasteiger partial charge is 0.466 e. The Morgan fingerprint density at radius 1 is 0.531 bits per heavy atom. The first kappa shape index (κ1) is 30.9. The fourth-order valence-corrected chi connectivity index (χ4v) is 3.93. The van der Waals surface area contributed by atoms with E-state index in [1.54, 1.807) is 0 Å². The second-order valence-corrected chi connectivity index (χ2v) is 9.38. The van der Waals surface area contributed by atoms with E-state index < -0.39 is 0 Å². The van der Waals surface area contributed by atoms with Gasteiger partial charge in [-0.1, -0.05) is 128 Å². The minimum Gasteiger partial charge on any atom is -0.466 e. The van der Waals surface area contributed by atoms with Gasteiger partial charge in [-0.05, 0) is 44.9 Å². The Balaban J connectivity index is 3.24. The van der Waals surface area contributed by atoms with Gasteiger partial charge in [-0.25, -0.2) is 0 Å². The van der Waals surface area contributed by atoms with Gasteiger partial charge in [-0.15, -0.1) is 0 Å². The molecule has 0 heterocycles. The fraction of sp³-hybridized carbons (Fsp3) is 0.833. The summed E-state index contributed by atoms with van der Waals surface area (Å²) in [5.41, 5.74) is 0. The number of hydrogen-bond acceptors (Lipinski definition) is 2. The predicted molar refractivity (Wildman–Crippen MR) is 142 cm³/mol. The summed E-state index contributed by atoms with van der Waals surface area (Å²) in [6.07, 6.45) is 36.3. The molecule has 188 valence electrons. The van der Waals surface area contributed by atoms with Crippen LogP contribution in [-0.2, 0) is 9.53 Å². The van der Waals surface area contributed by atoms with E-state index >= 15 is 0 Å². The van der Waals surface area contributed by atoms with Crippen LogP contribution in [0.2, 0.25) is 0 Å². The maximum Gasteiger partial charge on any atom is 0.305 e. The monoisotopic (exact) mass is 448 g/mol. The Labute approximate surface area is 201 Å². The molecular formula is C30H56O2. The molecule has 0 radical (unpaired) electrons. The van der Waals surface area contributed by atoms with Gasteiger partial charge >= 0.3 is 5.97 Å². The maximum atomic E-state index is 11.8. The lowest BCUT2D eigenvalue weighted by molar-refractivity contribution is -0.143. The highest BCUT2D eigenvalue weighted by Crippen LogP contribution is 2.11. The van der Waals surface area contributed by atoms with Crippen LogP contribution in [0.1, 0.15) is 155 Å². The molecule has 0 atom stereocenters. The standard InChI is InChI=1S/C30H56O2/c1-3-5-7-9-11-13-15-16-17-18-19-20-22-24-26-28-30(31)32-29-27-25-23-21-14-12-10-8-6-4-2/h11,13,16-17H,3-10,12,14-15,18-29H2,1-2H3/b13-11+,17-16+. The van der Waals surface area contributed by atoms with Crippen LogP contribution in [0.5, 0.6) is 0 Å². The smallest absolute Gasteiger partial charge is 0.305 e. The summed E-state index contributed by atoms with van der Waals surface area (Å²) < 4.78 is 5.38. The van der Waals surface area contributed by atoms with E-state index in [4.69, 9.17) is 4.74 Å². The van der Waals surface area contributed by atoms with E-state index in [1.807, 2.05) is 0 Å². The molecule has 0 spiro atoms. The van der Waals surface area contributed by atoms with Crippen molar-refractivity contribution in [1.82, 2.24) is 0 Å². The Hall–Kier alpha value is -1.05. The quantitative estimate of drug-likeness (QED) is 0.0788. The third-order valence-electron chi connectivity index (χ3n) is 6.09. The van der Waals surface area contributed by atoms with Gasteiger partial charge in [0, 0.05) is 6.42 Å². The summed E-state index contributed by atoms with van der Waals surface area (Å²) in [6.45, 7) is 5.14. The average molecular weight is 449 g/mol. The van der Waals surface area contributed by atoms with Crippen molar-refractivity contribution in [1.29, 1.82) is 0 Å². The van der Waals surface area contributed by atoms with Gasteiger partial charge < -0.3 is 4.74 Å².